The zero-order valence-electron chi connectivity index (χ0n) is 21.0. The van der Waals surface area contributed by atoms with Crippen LogP contribution in [0.15, 0.2) is 0 Å². The van der Waals surface area contributed by atoms with E-state index in [1.807, 2.05) is 0 Å². The van der Waals surface area contributed by atoms with Crippen molar-refractivity contribution in [3.05, 3.63) is 0 Å². The molecule has 1 aliphatic carbocycles. The number of likely N-dealkylation sites (tertiary alicyclic amines) is 1. The molecule has 4 amide bonds. The number of carbonyl (C=O) groups excluding carboxylic acids is 5. The second-order valence-corrected chi connectivity index (χ2v) is 11.1. The van der Waals surface area contributed by atoms with Crippen molar-refractivity contribution < 1.29 is 46.6 Å². The number of ether oxygens (including phenoxy) is 2. The highest BCUT2D eigenvalue weighted by molar-refractivity contribution is 5.95. The summed E-state index contributed by atoms with van der Waals surface area (Å²) in [5, 5.41) is 5.05. The topological polar surface area (TPSA) is 157 Å². The van der Waals surface area contributed by atoms with Gasteiger partial charge >= 0.3 is 12.5 Å². The van der Waals surface area contributed by atoms with E-state index in [1.54, 1.807) is 20.8 Å². The fourth-order valence-corrected chi connectivity index (χ4v) is 4.87. The SMILES string of the molecule is CC(C)(C)[C@H](OC(N)=O)C(=O)N1CC2(CC2)C[C@H]1C(=O)N[C@@H](C[C@@H]1CCNC1=O)C(=O)COC(F)(F)F. The van der Waals surface area contributed by atoms with E-state index < -0.39 is 66.2 Å². The van der Waals surface area contributed by atoms with Crippen LogP contribution in [-0.2, 0) is 28.7 Å². The number of primary amides is 1. The molecule has 208 valence electrons. The van der Waals surface area contributed by atoms with Gasteiger partial charge in [-0.3, -0.25) is 23.9 Å². The van der Waals surface area contributed by atoms with Crippen LogP contribution in [0.2, 0.25) is 0 Å². The van der Waals surface area contributed by atoms with Gasteiger partial charge < -0.3 is 26.0 Å². The third-order valence-electron chi connectivity index (χ3n) is 7.06. The van der Waals surface area contributed by atoms with Gasteiger partial charge in [0.05, 0.1) is 6.04 Å². The summed E-state index contributed by atoms with van der Waals surface area (Å²) in [6.45, 7) is 4.23. The third kappa shape index (κ3) is 7.33. The van der Waals surface area contributed by atoms with Crippen molar-refractivity contribution in [3.63, 3.8) is 0 Å². The predicted molar refractivity (Wildman–Crippen MR) is 120 cm³/mol. The lowest BCUT2D eigenvalue weighted by Gasteiger charge is -2.34. The van der Waals surface area contributed by atoms with E-state index in [2.05, 4.69) is 15.4 Å². The molecule has 3 rings (SSSR count). The number of Topliss-reactive ketones (excluding diaryl/α,β-unsaturated/α-hetero) is 1. The molecule has 1 spiro atoms. The smallest absolute Gasteiger partial charge is 0.436 e. The number of nitrogens with zero attached hydrogens (tertiary/aromatic N) is 1. The molecule has 3 aliphatic rings. The summed E-state index contributed by atoms with van der Waals surface area (Å²) in [6, 6.07) is -2.48. The molecule has 0 aromatic rings. The number of hydrogen-bond donors (Lipinski definition) is 3. The van der Waals surface area contributed by atoms with E-state index in [1.165, 1.54) is 4.90 Å². The number of amides is 4. The molecule has 2 heterocycles. The van der Waals surface area contributed by atoms with Crippen LogP contribution < -0.4 is 16.4 Å². The lowest BCUT2D eigenvalue weighted by atomic mass is 9.88. The lowest BCUT2D eigenvalue weighted by Crippen LogP contribution is -2.55. The molecule has 2 saturated heterocycles. The summed E-state index contributed by atoms with van der Waals surface area (Å²) in [5.74, 6) is -3.46. The van der Waals surface area contributed by atoms with Crippen molar-refractivity contribution in [3.8, 4) is 0 Å². The summed E-state index contributed by atoms with van der Waals surface area (Å²) in [4.78, 5) is 64.3. The number of nitrogens with one attached hydrogen (secondary N) is 2. The van der Waals surface area contributed by atoms with Gasteiger partial charge in [0.1, 0.15) is 12.6 Å². The molecule has 1 saturated carbocycles. The maximum Gasteiger partial charge on any atom is 0.522 e. The number of carbonyl (C=O) groups is 5. The Morgan fingerprint density at radius 2 is 1.86 bits per heavy atom. The fourth-order valence-electron chi connectivity index (χ4n) is 4.87. The highest BCUT2D eigenvalue weighted by Gasteiger charge is 2.57. The Morgan fingerprint density at radius 3 is 2.35 bits per heavy atom. The number of halogens is 3. The van der Waals surface area contributed by atoms with Crippen molar-refractivity contribution >= 4 is 29.6 Å². The van der Waals surface area contributed by atoms with E-state index in [0.717, 1.165) is 12.8 Å². The minimum Gasteiger partial charge on any atom is -0.436 e. The zero-order valence-corrected chi connectivity index (χ0v) is 21.0. The first kappa shape index (κ1) is 28.7. The second-order valence-electron chi connectivity index (χ2n) is 11.1. The Morgan fingerprint density at radius 1 is 1.22 bits per heavy atom. The molecule has 4 atom stereocenters. The first-order valence-corrected chi connectivity index (χ1v) is 12.1. The molecule has 14 heteroatoms. The number of hydrogen-bond acceptors (Lipinski definition) is 7. The Bertz CT molecular complexity index is 946. The molecule has 37 heavy (non-hydrogen) atoms. The van der Waals surface area contributed by atoms with Crippen molar-refractivity contribution in [2.24, 2.45) is 22.5 Å². The molecule has 0 bridgehead atoms. The van der Waals surface area contributed by atoms with Gasteiger partial charge in [-0.25, -0.2) is 4.79 Å². The molecule has 11 nitrogen and oxygen atoms in total. The summed E-state index contributed by atoms with van der Waals surface area (Å²) >= 11 is 0. The maximum absolute atomic E-state index is 13.5. The van der Waals surface area contributed by atoms with Gasteiger partial charge in [-0.1, -0.05) is 20.8 Å². The standard InChI is InChI=1S/C23H33F3N4O7/c1-21(2,3)16(37-20(27)35)19(34)30-11-22(5-6-22)9-14(30)18(33)29-13(8-12-4-7-28-17(12)32)15(31)10-36-23(24,25)26/h12-14,16H,4-11H2,1-3H3,(H2,27,35)(H,28,32)(H,29,33)/t12-,13-,14-,16+/m0/s1. The van der Waals surface area contributed by atoms with E-state index in [9.17, 15) is 37.1 Å². The minimum atomic E-state index is -5.05. The highest BCUT2D eigenvalue weighted by Crippen LogP contribution is 2.55. The summed E-state index contributed by atoms with van der Waals surface area (Å²) < 4.78 is 46.3. The van der Waals surface area contributed by atoms with Crippen LogP contribution in [0.25, 0.3) is 0 Å². The fraction of sp³-hybridized carbons (Fsp3) is 0.783. The monoisotopic (exact) mass is 534 g/mol. The predicted octanol–water partition coefficient (Wildman–Crippen LogP) is 0.994. The van der Waals surface area contributed by atoms with Crippen LogP contribution in [0.5, 0.6) is 0 Å². The van der Waals surface area contributed by atoms with E-state index >= 15 is 0 Å². The summed E-state index contributed by atoms with van der Waals surface area (Å²) in [7, 11) is 0. The molecule has 3 fully saturated rings. The summed E-state index contributed by atoms with van der Waals surface area (Å²) in [6.07, 6.45) is -5.53. The highest BCUT2D eigenvalue weighted by atomic mass is 19.4. The van der Waals surface area contributed by atoms with Crippen LogP contribution in [0.4, 0.5) is 18.0 Å². The van der Waals surface area contributed by atoms with E-state index in [-0.39, 0.29) is 30.7 Å². The molecule has 0 aromatic heterocycles. The normalized spacial score (nSPS) is 24.4. The van der Waals surface area contributed by atoms with Gasteiger partial charge in [-0.2, -0.15) is 0 Å². The molecule has 0 aromatic carbocycles. The van der Waals surface area contributed by atoms with E-state index in [0.29, 0.717) is 13.0 Å². The summed E-state index contributed by atoms with van der Waals surface area (Å²) in [5.41, 5.74) is 4.01. The third-order valence-corrected chi connectivity index (χ3v) is 7.06. The van der Waals surface area contributed by atoms with Gasteiger partial charge in [0, 0.05) is 24.4 Å². The van der Waals surface area contributed by atoms with Crippen molar-refractivity contribution in [2.45, 2.75) is 77.4 Å². The van der Waals surface area contributed by atoms with Gasteiger partial charge in [0.15, 0.2) is 11.9 Å². The minimum absolute atomic E-state index is 0.209. The van der Waals surface area contributed by atoms with Crippen LogP contribution in [0, 0.1) is 16.7 Å². The number of rotatable bonds is 9. The van der Waals surface area contributed by atoms with Gasteiger partial charge in [-0.05, 0) is 37.5 Å². The van der Waals surface area contributed by atoms with E-state index in [4.69, 9.17) is 10.5 Å². The van der Waals surface area contributed by atoms with Crippen LogP contribution >= 0.6 is 0 Å². The number of alkyl halides is 3. The molecular weight excluding hydrogens is 501 g/mol. The molecule has 2 aliphatic heterocycles. The van der Waals surface area contributed by atoms with Crippen LogP contribution in [-0.4, -0.2) is 78.7 Å². The number of nitrogens with two attached hydrogens (primary N) is 1. The quantitative estimate of drug-likeness (QED) is 0.398. The zero-order chi connectivity index (χ0) is 27.8. The van der Waals surface area contributed by atoms with Gasteiger partial charge in [0.2, 0.25) is 11.8 Å². The largest absolute Gasteiger partial charge is 0.522 e. The number of ketones is 1. The Hall–Kier alpha value is -2.90. The lowest BCUT2D eigenvalue weighted by molar-refractivity contribution is -0.321. The average Bonchev–Trinajstić information content (AvgIpc) is 3.23. The molecular formula is C23H33F3N4O7. The van der Waals surface area contributed by atoms with Crippen LogP contribution in [0.3, 0.4) is 0 Å². The van der Waals surface area contributed by atoms with Gasteiger partial charge in [-0.15, -0.1) is 13.2 Å². The van der Waals surface area contributed by atoms with Crippen molar-refractivity contribution in [1.82, 2.24) is 15.5 Å². The molecule has 0 radical (unpaired) electrons. The van der Waals surface area contributed by atoms with Crippen LogP contribution in [0.1, 0.15) is 52.9 Å². The van der Waals surface area contributed by atoms with Crippen molar-refractivity contribution in [1.29, 1.82) is 0 Å². The average molecular weight is 535 g/mol. The molecule has 0 unspecified atom stereocenters. The first-order valence-electron chi connectivity index (χ1n) is 12.1. The Balaban J connectivity index is 1.80. The van der Waals surface area contributed by atoms with Gasteiger partial charge in [0.25, 0.3) is 5.91 Å². The Labute approximate surface area is 211 Å². The second kappa shape index (κ2) is 10.5. The maximum atomic E-state index is 13.5. The first-order chi connectivity index (χ1) is 17.0. The van der Waals surface area contributed by atoms with Crippen molar-refractivity contribution in [2.75, 3.05) is 19.7 Å². The molecule has 4 N–H and O–H groups in total. The Kier molecular flexibility index (Phi) is 8.11.